The van der Waals surface area contributed by atoms with Crippen LogP contribution in [0.3, 0.4) is 0 Å². The highest BCUT2D eigenvalue weighted by Gasteiger charge is 2.25. The molecule has 0 spiro atoms. The van der Waals surface area contributed by atoms with Gasteiger partial charge in [0.2, 0.25) is 0 Å². The van der Waals surface area contributed by atoms with Crippen LogP contribution in [-0.2, 0) is 4.79 Å². The third-order valence-corrected chi connectivity index (χ3v) is 5.48. The molecule has 0 bridgehead atoms. The van der Waals surface area contributed by atoms with Crippen LogP contribution in [0.15, 0.2) is 72.3 Å². The van der Waals surface area contributed by atoms with Gasteiger partial charge in [-0.1, -0.05) is 29.8 Å². The van der Waals surface area contributed by atoms with E-state index in [-0.39, 0.29) is 6.42 Å². The second-order valence-corrected chi connectivity index (χ2v) is 7.71. The van der Waals surface area contributed by atoms with Crippen LogP contribution in [0.1, 0.15) is 30.0 Å². The topological polar surface area (TPSA) is 55.8 Å². The Hall–Kier alpha value is -3.50. The maximum Gasteiger partial charge on any atom is 0.307 e. The van der Waals surface area contributed by atoms with E-state index in [9.17, 15) is 9.90 Å². The number of methoxy groups -OCH3 is 1. The van der Waals surface area contributed by atoms with Gasteiger partial charge in [-0.3, -0.25) is 4.79 Å². The van der Waals surface area contributed by atoms with Crippen molar-refractivity contribution in [3.8, 4) is 17.2 Å². The lowest BCUT2D eigenvalue weighted by atomic mass is 10.0. The van der Waals surface area contributed by atoms with Crippen molar-refractivity contribution in [2.24, 2.45) is 0 Å². The van der Waals surface area contributed by atoms with Gasteiger partial charge in [0.05, 0.1) is 13.5 Å². The number of hydrogen-bond acceptors (Lipinski definition) is 3. The van der Waals surface area contributed by atoms with Gasteiger partial charge in [-0.2, -0.15) is 0 Å². The molecule has 4 nitrogen and oxygen atoms in total. The molecule has 0 fully saturated rings. The number of carboxylic acids is 1. The Balaban J connectivity index is 1.68. The van der Waals surface area contributed by atoms with E-state index < -0.39 is 5.97 Å². The molecule has 3 aromatic carbocycles. The molecule has 156 valence electrons. The fourth-order valence-electron chi connectivity index (χ4n) is 3.75. The van der Waals surface area contributed by atoms with Crippen LogP contribution in [-0.4, -0.2) is 18.2 Å². The molecule has 0 aromatic heterocycles. The molecule has 1 aliphatic carbocycles. The number of carboxylic acid groups (broad SMARTS) is 1. The monoisotopic (exact) mass is 432 g/mol. The molecule has 0 heterocycles. The average Bonchev–Trinajstić information content (AvgIpc) is 2.99. The first-order valence-electron chi connectivity index (χ1n) is 9.80. The quantitative estimate of drug-likeness (QED) is 0.458. The van der Waals surface area contributed by atoms with Gasteiger partial charge in [-0.15, -0.1) is 0 Å². The summed E-state index contributed by atoms with van der Waals surface area (Å²) in [6, 6.07) is 20.8. The Morgan fingerprint density at radius 3 is 2.42 bits per heavy atom. The van der Waals surface area contributed by atoms with Crippen molar-refractivity contribution in [1.29, 1.82) is 0 Å². The Morgan fingerprint density at radius 2 is 1.71 bits per heavy atom. The zero-order valence-corrected chi connectivity index (χ0v) is 17.9. The van der Waals surface area contributed by atoms with Gasteiger partial charge in [-0.05, 0) is 94.9 Å². The number of carbonyl (C=O) groups is 1. The molecule has 0 amide bonds. The van der Waals surface area contributed by atoms with Gasteiger partial charge in [0.25, 0.3) is 0 Å². The smallest absolute Gasteiger partial charge is 0.307 e. The molecule has 0 aliphatic heterocycles. The van der Waals surface area contributed by atoms with Gasteiger partial charge in [-0.25, -0.2) is 0 Å². The summed E-state index contributed by atoms with van der Waals surface area (Å²) in [5.41, 5.74) is 5.55. The molecule has 1 aliphatic rings. The first-order chi connectivity index (χ1) is 14.9. The summed E-state index contributed by atoms with van der Waals surface area (Å²) >= 11 is 6.18. The second kappa shape index (κ2) is 8.70. The predicted molar refractivity (Wildman–Crippen MR) is 124 cm³/mol. The number of halogens is 1. The molecule has 0 saturated heterocycles. The minimum Gasteiger partial charge on any atom is -0.497 e. The summed E-state index contributed by atoms with van der Waals surface area (Å²) in [5, 5.41) is 9.95. The molecule has 0 radical (unpaired) electrons. The van der Waals surface area contributed by atoms with Crippen molar-refractivity contribution < 1.29 is 19.4 Å². The summed E-state index contributed by atoms with van der Waals surface area (Å²) < 4.78 is 11.2. The van der Waals surface area contributed by atoms with E-state index in [0.29, 0.717) is 16.5 Å². The first-order valence-corrected chi connectivity index (χ1v) is 10.2. The number of allylic oxidation sites excluding steroid dienone is 2. The molecule has 0 unspecified atom stereocenters. The zero-order valence-electron chi connectivity index (χ0n) is 17.2. The fourth-order valence-corrected chi connectivity index (χ4v) is 3.92. The maximum absolute atomic E-state index is 11.4. The van der Waals surface area contributed by atoms with Crippen molar-refractivity contribution in [3.05, 3.63) is 94.0 Å². The van der Waals surface area contributed by atoms with Crippen LogP contribution in [0.4, 0.5) is 0 Å². The molecule has 0 saturated carbocycles. The summed E-state index contributed by atoms with van der Waals surface area (Å²) in [6.07, 6.45) is 2.01. The van der Waals surface area contributed by atoms with E-state index in [2.05, 4.69) is 6.08 Å². The van der Waals surface area contributed by atoms with Crippen LogP contribution in [0.2, 0.25) is 5.02 Å². The molecular weight excluding hydrogens is 412 g/mol. The SMILES string of the molecule is COc1ccc(Oc2cccc(/C=C3/C(C)=C(CC(=O)O)c4cc(Cl)ccc43)c2)cc1. The molecule has 31 heavy (non-hydrogen) atoms. The summed E-state index contributed by atoms with van der Waals surface area (Å²) in [4.78, 5) is 11.4. The minimum absolute atomic E-state index is 0.0445. The van der Waals surface area contributed by atoms with E-state index in [4.69, 9.17) is 21.1 Å². The summed E-state index contributed by atoms with van der Waals surface area (Å²) in [6.45, 7) is 1.95. The predicted octanol–water partition coefficient (Wildman–Crippen LogP) is 6.94. The van der Waals surface area contributed by atoms with Crippen LogP contribution in [0, 0.1) is 0 Å². The standard InChI is InChI=1S/C26H21ClO4/c1-16-23(22-11-6-18(27)14-25(22)24(16)15-26(28)29)13-17-4-3-5-21(12-17)31-20-9-7-19(30-2)8-10-20/h3-14H,15H2,1-2H3,(H,28,29)/b23-13-. The second-order valence-electron chi connectivity index (χ2n) is 7.27. The van der Waals surface area contributed by atoms with Crippen molar-refractivity contribution >= 4 is 34.8 Å². The van der Waals surface area contributed by atoms with E-state index in [1.807, 2.05) is 73.7 Å². The number of ether oxygens (including phenoxy) is 2. The van der Waals surface area contributed by atoms with E-state index >= 15 is 0 Å². The average molecular weight is 433 g/mol. The van der Waals surface area contributed by atoms with Gasteiger partial charge in [0, 0.05) is 5.02 Å². The Morgan fingerprint density at radius 1 is 0.968 bits per heavy atom. The molecule has 1 N–H and O–H groups in total. The van der Waals surface area contributed by atoms with Crippen LogP contribution in [0.5, 0.6) is 17.2 Å². The van der Waals surface area contributed by atoms with Crippen molar-refractivity contribution in [1.82, 2.24) is 0 Å². The Bertz CT molecular complexity index is 1210. The highest BCUT2D eigenvalue weighted by Crippen LogP contribution is 2.44. The number of rotatable bonds is 6. The summed E-state index contributed by atoms with van der Waals surface area (Å²) in [5.74, 6) is 1.33. The van der Waals surface area contributed by atoms with Crippen LogP contribution >= 0.6 is 11.6 Å². The molecule has 4 rings (SSSR count). The third-order valence-electron chi connectivity index (χ3n) is 5.25. The molecule has 3 aromatic rings. The van der Waals surface area contributed by atoms with Crippen molar-refractivity contribution in [3.63, 3.8) is 0 Å². The highest BCUT2D eigenvalue weighted by molar-refractivity contribution is 6.31. The largest absolute Gasteiger partial charge is 0.497 e. The third kappa shape index (κ3) is 4.49. The van der Waals surface area contributed by atoms with Gasteiger partial charge in [0.15, 0.2) is 0 Å². The lowest BCUT2D eigenvalue weighted by Crippen LogP contribution is -1.96. The normalized spacial score (nSPS) is 14.0. The first kappa shape index (κ1) is 20.8. The molecule has 0 atom stereocenters. The summed E-state index contributed by atoms with van der Waals surface area (Å²) in [7, 11) is 1.63. The number of aliphatic carboxylic acids is 1. The fraction of sp³-hybridized carbons (Fsp3) is 0.115. The lowest BCUT2D eigenvalue weighted by Gasteiger charge is -2.08. The van der Waals surface area contributed by atoms with Crippen LogP contribution in [0.25, 0.3) is 17.2 Å². The van der Waals surface area contributed by atoms with Gasteiger partial charge in [0.1, 0.15) is 17.2 Å². The number of benzene rings is 3. The maximum atomic E-state index is 11.4. The Kier molecular flexibility index (Phi) is 5.83. The zero-order chi connectivity index (χ0) is 22.0. The minimum atomic E-state index is -0.864. The Labute approximate surface area is 186 Å². The molecular formula is C26H21ClO4. The van der Waals surface area contributed by atoms with Crippen molar-refractivity contribution in [2.45, 2.75) is 13.3 Å². The molecule has 5 heteroatoms. The lowest BCUT2D eigenvalue weighted by molar-refractivity contribution is -0.135. The van der Waals surface area contributed by atoms with Crippen LogP contribution < -0.4 is 9.47 Å². The van der Waals surface area contributed by atoms with Gasteiger partial charge >= 0.3 is 5.97 Å². The van der Waals surface area contributed by atoms with Gasteiger partial charge < -0.3 is 14.6 Å². The van der Waals surface area contributed by atoms with E-state index in [1.165, 1.54) is 0 Å². The van der Waals surface area contributed by atoms with E-state index in [0.717, 1.165) is 39.2 Å². The number of fused-ring (bicyclic) bond motifs is 1. The number of hydrogen-bond donors (Lipinski definition) is 1. The van der Waals surface area contributed by atoms with E-state index in [1.54, 1.807) is 7.11 Å². The van der Waals surface area contributed by atoms with Crippen molar-refractivity contribution in [2.75, 3.05) is 7.11 Å². The highest BCUT2D eigenvalue weighted by atomic mass is 35.5.